The average molecular weight is 268 g/mol. The van der Waals surface area contributed by atoms with Crippen LogP contribution in [0.15, 0.2) is 18.2 Å². The lowest BCUT2D eigenvalue weighted by Gasteiger charge is -2.26. The Balaban J connectivity index is 2.08. The molecule has 1 aliphatic rings. The van der Waals surface area contributed by atoms with Crippen molar-refractivity contribution in [3.8, 4) is 5.75 Å². The Kier molecular flexibility index (Phi) is 3.93. The Morgan fingerprint density at radius 1 is 1.21 bits per heavy atom. The van der Waals surface area contributed by atoms with Gasteiger partial charge in [-0.15, -0.1) is 0 Å². The fraction of sp³-hybridized carbons (Fsp3) is 0.429. The third kappa shape index (κ3) is 3.36. The second kappa shape index (κ2) is 5.47. The first-order valence-corrected chi connectivity index (χ1v) is 6.11. The minimum Gasteiger partial charge on any atom is -0.487 e. The standard InChI is InChI=1S/C14H14F2O3/c1-8(9-4-11(17)7-12(18)5-9)19-14-6-10(15)2-3-13(14)16/h2-3,6,8-9H,4-5,7H2,1H3. The molecule has 1 saturated carbocycles. The molecule has 102 valence electrons. The van der Waals surface area contributed by atoms with Gasteiger partial charge in [-0.1, -0.05) is 0 Å². The van der Waals surface area contributed by atoms with Gasteiger partial charge >= 0.3 is 0 Å². The third-order valence-corrected chi connectivity index (χ3v) is 3.24. The minimum atomic E-state index is -0.665. The molecule has 1 unspecified atom stereocenters. The Morgan fingerprint density at radius 3 is 2.47 bits per heavy atom. The zero-order valence-corrected chi connectivity index (χ0v) is 10.5. The van der Waals surface area contributed by atoms with Gasteiger partial charge in [0.2, 0.25) is 0 Å². The minimum absolute atomic E-state index is 0.0302. The molecule has 3 nitrogen and oxygen atoms in total. The van der Waals surface area contributed by atoms with Crippen LogP contribution in [0, 0.1) is 17.6 Å². The molecule has 5 heteroatoms. The number of rotatable bonds is 3. The van der Waals surface area contributed by atoms with Crippen molar-refractivity contribution in [2.45, 2.75) is 32.3 Å². The summed E-state index contributed by atoms with van der Waals surface area (Å²) in [5.41, 5.74) is 0. The van der Waals surface area contributed by atoms with E-state index in [0.717, 1.165) is 18.2 Å². The molecule has 1 aliphatic carbocycles. The van der Waals surface area contributed by atoms with Gasteiger partial charge in [-0.3, -0.25) is 9.59 Å². The average Bonchev–Trinajstić information content (AvgIpc) is 2.32. The SMILES string of the molecule is CC(Oc1cc(F)ccc1F)C1CC(=O)CC(=O)C1. The molecule has 1 atom stereocenters. The van der Waals surface area contributed by atoms with Crippen molar-refractivity contribution < 1.29 is 23.1 Å². The molecular formula is C14H14F2O3. The lowest BCUT2D eigenvalue weighted by Crippen LogP contribution is -2.33. The molecule has 0 aromatic heterocycles. The predicted octanol–water partition coefficient (Wildman–Crippen LogP) is 2.67. The molecular weight excluding hydrogens is 254 g/mol. The highest BCUT2D eigenvalue weighted by Gasteiger charge is 2.30. The first kappa shape index (κ1) is 13.6. The molecule has 0 aliphatic heterocycles. The van der Waals surface area contributed by atoms with E-state index in [2.05, 4.69) is 0 Å². The Morgan fingerprint density at radius 2 is 1.84 bits per heavy atom. The van der Waals surface area contributed by atoms with Crippen LogP contribution < -0.4 is 4.74 Å². The van der Waals surface area contributed by atoms with E-state index in [9.17, 15) is 18.4 Å². The normalized spacial score (nSPS) is 18.5. The van der Waals surface area contributed by atoms with Gasteiger partial charge in [0.25, 0.3) is 0 Å². The molecule has 0 bridgehead atoms. The van der Waals surface area contributed by atoms with Crippen LogP contribution in [0.2, 0.25) is 0 Å². The highest BCUT2D eigenvalue weighted by atomic mass is 19.1. The van der Waals surface area contributed by atoms with E-state index in [1.165, 1.54) is 0 Å². The molecule has 0 N–H and O–H groups in total. The van der Waals surface area contributed by atoms with Crippen LogP contribution in [-0.2, 0) is 9.59 Å². The fourth-order valence-electron chi connectivity index (χ4n) is 2.22. The molecule has 0 amide bonds. The number of halogens is 2. The van der Waals surface area contributed by atoms with E-state index in [-0.39, 0.29) is 42.5 Å². The maximum Gasteiger partial charge on any atom is 0.165 e. The molecule has 2 rings (SSSR count). The first-order chi connectivity index (χ1) is 8.95. The molecule has 0 spiro atoms. The van der Waals surface area contributed by atoms with E-state index < -0.39 is 17.7 Å². The Labute approximate surface area is 109 Å². The van der Waals surface area contributed by atoms with Gasteiger partial charge in [0.15, 0.2) is 11.6 Å². The van der Waals surface area contributed by atoms with Crippen molar-refractivity contribution in [3.63, 3.8) is 0 Å². The van der Waals surface area contributed by atoms with E-state index in [1.807, 2.05) is 0 Å². The Bertz CT molecular complexity index is 497. The zero-order valence-electron chi connectivity index (χ0n) is 10.5. The van der Waals surface area contributed by atoms with Crippen LogP contribution in [0.4, 0.5) is 8.78 Å². The molecule has 0 heterocycles. The summed E-state index contributed by atoms with van der Waals surface area (Å²) in [6, 6.07) is 2.94. The summed E-state index contributed by atoms with van der Waals surface area (Å²) in [5.74, 6) is -2.00. The van der Waals surface area contributed by atoms with E-state index in [1.54, 1.807) is 6.92 Å². The second-order valence-corrected chi connectivity index (χ2v) is 4.82. The van der Waals surface area contributed by atoms with E-state index in [0.29, 0.717) is 0 Å². The van der Waals surface area contributed by atoms with Gasteiger partial charge in [-0.05, 0) is 19.1 Å². The smallest absolute Gasteiger partial charge is 0.165 e. The molecule has 0 saturated heterocycles. The number of hydrogen-bond acceptors (Lipinski definition) is 3. The number of benzene rings is 1. The van der Waals surface area contributed by atoms with Gasteiger partial charge in [0, 0.05) is 24.8 Å². The molecule has 19 heavy (non-hydrogen) atoms. The summed E-state index contributed by atoms with van der Waals surface area (Å²) in [5, 5.41) is 0. The fourth-order valence-corrected chi connectivity index (χ4v) is 2.22. The number of ether oxygens (including phenoxy) is 1. The van der Waals surface area contributed by atoms with Crippen LogP contribution in [-0.4, -0.2) is 17.7 Å². The van der Waals surface area contributed by atoms with Gasteiger partial charge in [-0.25, -0.2) is 8.78 Å². The van der Waals surface area contributed by atoms with Gasteiger partial charge in [0.05, 0.1) is 12.5 Å². The lowest BCUT2D eigenvalue weighted by atomic mass is 9.84. The van der Waals surface area contributed by atoms with Crippen LogP contribution in [0.1, 0.15) is 26.2 Å². The zero-order chi connectivity index (χ0) is 14.0. The van der Waals surface area contributed by atoms with Crippen LogP contribution in [0.5, 0.6) is 5.75 Å². The van der Waals surface area contributed by atoms with E-state index >= 15 is 0 Å². The van der Waals surface area contributed by atoms with Crippen molar-refractivity contribution >= 4 is 11.6 Å². The quantitative estimate of drug-likeness (QED) is 0.791. The van der Waals surface area contributed by atoms with Gasteiger partial charge in [-0.2, -0.15) is 0 Å². The number of ketones is 2. The highest BCUT2D eigenvalue weighted by Crippen LogP contribution is 2.27. The molecule has 1 fully saturated rings. The van der Waals surface area contributed by atoms with Crippen molar-refractivity contribution in [3.05, 3.63) is 29.8 Å². The largest absolute Gasteiger partial charge is 0.487 e. The molecule has 0 radical (unpaired) electrons. The maximum atomic E-state index is 13.4. The summed E-state index contributed by atoms with van der Waals surface area (Å²) in [7, 11) is 0. The number of carbonyl (C=O) groups is 2. The van der Waals surface area contributed by atoms with Crippen LogP contribution >= 0.6 is 0 Å². The summed E-state index contributed by atoms with van der Waals surface area (Å²) in [4.78, 5) is 22.7. The summed E-state index contributed by atoms with van der Waals surface area (Å²) < 4.78 is 31.8. The van der Waals surface area contributed by atoms with Crippen LogP contribution in [0.3, 0.4) is 0 Å². The molecule has 1 aromatic rings. The number of hydrogen-bond donors (Lipinski definition) is 0. The maximum absolute atomic E-state index is 13.4. The lowest BCUT2D eigenvalue weighted by molar-refractivity contribution is -0.132. The third-order valence-electron chi connectivity index (χ3n) is 3.24. The summed E-state index contributed by atoms with van der Waals surface area (Å²) >= 11 is 0. The van der Waals surface area contributed by atoms with E-state index in [4.69, 9.17) is 4.74 Å². The van der Waals surface area contributed by atoms with Crippen LogP contribution in [0.25, 0.3) is 0 Å². The number of carbonyl (C=O) groups excluding carboxylic acids is 2. The summed E-state index contributed by atoms with van der Waals surface area (Å²) in [6.07, 6.45) is -0.0740. The highest BCUT2D eigenvalue weighted by molar-refractivity contribution is 6.01. The summed E-state index contributed by atoms with van der Waals surface area (Å²) in [6.45, 7) is 1.65. The Hall–Kier alpha value is -1.78. The number of Topliss-reactive ketones (excluding diaryl/α,β-unsaturated/α-hetero) is 2. The first-order valence-electron chi connectivity index (χ1n) is 6.11. The van der Waals surface area contributed by atoms with Gasteiger partial charge < -0.3 is 4.74 Å². The van der Waals surface area contributed by atoms with Gasteiger partial charge in [0.1, 0.15) is 17.4 Å². The van der Waals surface area contributed by atoms with Crippen molar-refractivity contribution in [1.29, 1.82) is 0 Å². The van der Waals surface area contributed by atoms with Crippen molar-refractivity contribution in [2.75, 3.05) is 0 Å². The predicted molar refractivity (Wildman–Crippen MR) is 63.8 cm³/mol. The topological polar surface area (TPSA) is 43.4 Å². The second-order valence-electron chi connectivity index (χ2n) is 4.82. The monoisotopic (exact) mass is 268 g/mol. The van der Waals surface area contributed by atoms with Crippen molar-refractivity contribution in [2.24, 2.45) is 5.92 Å². The van der Waals surface area contributed by atoms with Crippen molar-refractivity contribution in [1.82, 2.24) is 0 Å². The molecule has 1 aromatic carbocycles.